The van der Waals surface area contributed by atoms with Crippen LogP contribution in [0.4, 0.5) is 0 Å². The second kappa shape index (κ2) is 10.4. The summed E-state index contributed by atoms with van der Waals surface area (Å²) in [5.74, 6) is 6.25. The fraction of sp³-hybridized carbons (Fsp3) is 0.588. The highest BCUT2D eigenvalue weighted by atomic mass is 32.1. The molecule has 2 N–H and O–H groups in total. The lowest BCUT2D eigenvalue weighted by Gasteiger charge is -2.14. The number of nitrogens with one attached hydrogen (secondary N) is 1. The monoisotopic (exact) mass is 307 g/mol. The number of thiophene rings is 1. The largest absolute Gasteiger partial charge is 0.395 e. The maximum Gasteiger partial charge on any atom is 0.223 e. The van der Waals surface area contributed by atoms with E-state index in [1.54, 1.807) is 11.3 Å². The third kappa shape index (κ3) is 6.33. The summed E-state index contributed by atoms with van der Waals surface area (Å²) in [5, 5.41) is 13.8. The minimum absolute atomic E-state index is 0.0823. The van der Waals surface area contributed by atoms with Gasteiger partial charge in [0.25, 0.3) is 0 Å². The van der Waals surface area contributed by atoms with Crippen LogP contribution >= 0.6 is 11.3 Å². The second-order valence-electron chi connectivity index (χ2n) is 5.02. The molecule has 0 aliphatic heterocycles. The summed E-state index contributed by atoms with van der Waals surface area (Å²) in [7, 11) is 0. The van der Waals surface area contributed by atoms with Crippen LogP contribution in [0.1, 0.15) is 56.4 Å². The predicted octanol–water partition coefficient (Wildman–Crippen LogP) is 3.31. The topological polar surface area (TPSA) is 49.3 Å². The Bertz CT molecular complexity index is 478. The van der Waals surface area contributed by atoms with E-state index in [1.165, 1.54) is 0 Å². The summed E-state index contributed by atoms with van der Waals surface area (Å²) in [5.41, 5.74) is 0.955. The van der Waals surface area contributed by atoms with Crippen molar-refractivity contribution in [3.8, 4) is 11.8 Å². The number of rotatable bonds is 8. The van der Waals surface area contributed by atoms with E-state index >= 15 is 0 Å². The summed E-state index contributed by atoms with van der Waals surface area (Å²) in [6.07, 6.45) is 4.46. The summed E-state index contributed by atoms with van der Waals surface area (Å²) in [6.45, 7) is 4.86. The van der Waals surface area contributed by atoms with Crippen molar-refractivity contribution in [1.29, 1.82) is 0 Å². The van der Waals surface area contributed by atoms with Gasteiger partial charge in [0.2, 0.25) is 5.91 Å². The molecule has 4 heteroatoms. The first-order valence-corrected chi connectivity index (χ1v) is 8.54. The van der Waals surface area contributed by atoms with Crippen molar-refractivity contribution in [1.82, 2.24) is 5.32 Å². The van der Waals surface area contributed by atoms with Crippen molar-refractivity contribution in [2.24, 2.45) is 5.92 Å². The second-order valence-corrected chi connectivity index (χ2v) is 6.03. The van der Waals surface area contributed by atoms with E-state index in [9.17, 15) is 4.79 Å². The third-order valence-corrected chi connectivity index (χ3v) is 4.19. The zero-order valence-corrected chi connectivity index (χ0v) is 13.8. The zero-order valence-electron chi connectivity index (χ0n) is 12.9. The number of carbonyl (C=O) groups is 1. The van der Waals surface area contributed by atoms with Gasteiger partial charge in [-0.05, 0) is 24.3 Å². The van der Waals surface area contributed by atoms with Gasteiger partial charge < -0.3 is 10.4 Å². The molecule has 1 aromatic heterocycles. The molecule has 0 fully saturated rings. The lowest BCUT2D eigenvalue weighted by atomic mass is 9.97. The van der Waals surface area contributed by atoms with E-state index in [4.69, 9.17) is 5.11 Å². The molecule has 116 valence electrons. The Morgan fingerprint density at radius 1 is 1.38 bits per heavy atom. The van der Waals surface area contributed by atoms with Crippen LogP contribution in [0.3, 0.4) is 0 Å². The number of hydrogen-bond donors (Lipinski definition) is 2. The van der Waals surface area contributed by atoms with E-state index in [-0.39, 0.29) is 18.4 Å². The Kier molecular flexibility index (Phi) is 8.80. The molecular formula is C17H25NO2S. The minimum Gasteiger partial charge on any atom is -0.395 e. The molecule has 3 nitrogen and oxygen atoms in total. The molecule has 1 rings (SSSR count). The lowest BCUT2D eigenvalue weighted by Crippen LogP contribution is -2.30. The molecule has 0 unspecified atom stereocenters. The molecule has 1 aromatic rings. The van der Waals surface area contributed by atoms with E-state index in [1.807, 2.05) is 11.4 Å². The maximum absolute atomic E-state index is 12.2. The van der Waals surface area contributed by atoms with Gasteiger partial charge in [-0.3, -0.25) is 4.79 Å². The molecule has 0 aliphatic rings. The first-order chi connectivity index (χ1) is 10.2. The van der Waals surface area contributed by atoms with Crippen LogP contribution in [0.15, 0.2) is 11.4 Å². The van der Waals surface area contributed by atoms with Crippen molar-refractivity contribution >= 4 is 17.2 Å². The first-order valence-electron chi connectivity index (χ1n) is 7.66. The molecule has 1 amide bonds. The van der Waals surface area contributed by atoms with Crippen LogP contribution in [0.5, 0.6) is 0 Å². The average molecular weight is 307 g/mol. The SMILES string of the molecule is CCCC(CCC)C(=O)NCc1sccc1C#CCCO. The van der Waals surface area contributed by atoms with Gasteiger partial charge in [0, 0.05) is 22.8 Å². The quantitative estimate of drug-likeness (QED) is 0.724. The number of carbonyl (C=O) groups excluding carboxylic acids is 1. The van der Waals surface area contributed by atoms with Gasteiger partial charge in [-0.15, -0.1) is 11.3 Å². The first kappa shape index (κ1) is 17.7. The van der Waals surface area contributed by atoms with Crippen molar-refractivity contribution < 1.29 is 9.90 Å². The molecule has 1 heterocycles. The highest BCUT2D eigenvalue weighted by Crippen LogP contribution is 2.17. The van der Waals surface area contributed by atoms with Crippen LogP contribution in [-0.2, 0) is 11.3 Å². The molecule has 0 saturated heterocycles. The fourth-order valence-corrected chi connectivity index (χ4v) is 2.99. The van der Waals surface area contributed by atoms with Gasteiger partial charge >= 0.3 is 0 Å². The minimum atomic E-state index is 0.0823. The van der Waals surface area contributed by atoms with Crippen molar-refractivity contribution in [2.75, 3.05) is 6.61 Å². The van der Waals surface area contributed by atoms with Crippen molar-refractivity contribution in [3.63, 3.8) is 0 Å². The highest BCUT2D eigenvalue weighted by Gasteiger charge is 2.16. The van der Waals surface area contributed by atoms with Crippen LogP contribution in [-0.4, -0.2) is 17.6 Å². The van der Waals surface area contributed by atoms with Crippen LogP contribution in [0, 0.1) is 17.8 Å². The summed E-state index contributed by atoms with van der Waals surface area (Å²) in [6, 6.07) is 1.96. The van der Waals surface area contributed by atoms with Gasteiger partial charge in [-0.2, -0.15) is 0 Å². The van der Waals surface area contributed by atoms with Gasteiger partial charge in [-0.1, -0.05) is 38.5 Å². The fourth-order valence-electron chi connectivity index (χ4n) is 2.22. The Morgan fingerprint density at radius 2 is 2.10 bits per heavy atom. The standard InChI is InChI=1S/C17H25NO2S/c1-3-7-15(8-4-2)17(20)18-13-16-14(10-12-21-16)9-5-6-11-19/h10,12,15,19H,3-4,6-8,11,13H2,1-2H3,(H,18,20). The van der Waals surface area contributed by atoms with E-state index < -0.39 is 0 Å². The number of amides is 1. The molecule has 21 heavy (non-hydrogen) atoms. The van der Waals surface area contributed by atoms with Crippen LogP contribution in [0.2, 0.25) is 0 Å². The van der Waals surface area contributed by atoms with Gasteiger partial charge in [0.1, 0.15) is 0 Å². The Balaban J connectivity index is 2.57. The molecule has 0 saturated carbocycles. The number of aliphatic hydroxyl groups excluding tert-OH is 1. The van der Waals surface area contributed by atoms with E-state index in [2.05, 4.69) is 31.0 Å². The normalized spacial score (nSPS) is 10.3. The number of hydrogen-bond acceptors (Lipinski definition) is 3. The van der Waals surface area contributed by atoms with Gasteiger partial charge in [-0.25, -0.2) is 0 Å². The Labute approximate surface area is 131 Å². The van der Waals surface area contributed by atoms with E-state index in [0.717, 1.165) is 36.1 Å². The molecular weight excluding hydrogens is 282 g/mol. The molecule has 0 atom stereocenters. The smallest absolute Gasteiger partial charge is 0.223 e. The van der Waals surface area contributed by atoms with Crippen molar-refractivity contribution in [3.05, 3.63) is 21.9 Å². The molecule has 0 bridgehead atoms. The van der Waals surface area contributed by atoms with Crippen LogP contribution < -0.4 is 5.32 Å². The Morgan fingerprint density at radius 3 is 2.71 bits per heavy atom. The average Bonchev–Trinajstić information content (AvgIpc) is 2.92. The predicted molar refractivity (Wildman–Crippen MR) is 88.1 cm³/mol. The molecule has 0 radical (unpaired) electrons. The highest BCUT2D eigenvalue weighted by molar-refractivity contribution is 7.10. The molecule has 0 spiro atoms. The molecule has 0 aromatic carbocycles. The lowest BCUT2D eigenvalue weighted by molar-refractivity contribution is -0.125. The van der Waals surface area contributed by atoms with Gasteiger partial charge in [0.15, 0.2) is 0 Å². The summed E-state index contributed by atoms with van der Waals surface area (Å²) < 4.78 is 0. The molecule has 0 aliphatic carbocycles. The zero-order chi connectivity index (χ0) is 15.5. The third-order valence-electron chi connectivity index (χ3n) is 3.27. The van der Waals surface area contributed by atoms with Gasteiger partial charge in [0.05, 0.1) is 13.2 Å². The van der Waals surface area contributed by atoms with Crippen LogP contribution in [0.25, 0.3) is 0 Å². The summed E-state index contributed by atoms with van der Waals surface area (Å²) in [4.78, 5) is 13.3. The number of aliphatic hydroxyl groups is 1. The summed E-state index contributed by atoms with van der Waals surface area (Å²) >= 11 is 1.61. The van der Waals surface area contributed by atoms with E-state index in [0.29, 0.717) is 13.0 Å². The maximum atomic E-state index is 12.2. The Hall–Kier alpha value is -1.31. The van der Waals surface area contributed by atoms with Crippen molar-refractivity contribution in [2.45, 2.75) is 52.5 Å².